The number of rotatable bonds is 11. The molecule has 4 N–H and O–H groups in total. The average Bonchev–Trinajstić information content (AvgIpc) is 2.74. The lowest BCUT2D eigenvalue weighted by Crippen LogP contribution is -2.34. The normalized spacial score (nSPS) is 14.8. The molecule has 0 fully saturated rings. The smallest absolute Gasteiger partial charge is 0.253 e. The minimum atomic E-state index is -0.188. The zero-order valence-corrected chi connectivity index (χ0v) is 12.1. The van der Waals surface area contributed by atoms with Gasteiger partial charge in [0, 0.05) is 44.9 Å². The monoisotopic (exact) mass is 282 g/mol. The van der Waals surface area contributed by atoms with Gasteiger partial charge in [-0.15, -0.1) is 0 Å². The van der Waals surface area contributed by atoms with Gasteiger partial charge in [-0.25, -0.2) is 0 Å². The average molecular weight is 282 g/mol. The van der Waals surface area contributed by atoms with Crippen LogP contribution < -0.4 is 11.5 Å². The minimum Gasteiger partial charge on any atom is -0.329 e. The van der Waals surface area contributed by atoms with Gasteiger partial charge in [-0.05, 0) is 19.4 Å². The van der Waals surface area contributed by atoms with Crippen molar-refractivity contribution >= 4 is 11.8 Å². The lowest BCUT2D eigenvalue weighted by atomic mass is 10.2. The fraction of sp³-hybridized carbons (Fsp3) is 0.714. The number of imide groups is 1. The number of nitrogens with two attached hydrogens (primary N) is 2. The summed E-state index contributed by atoms with van der Waals surface area (Å²) in [5.74, 6) is -0.376. The summed E-state index contributed by atoms with van der Waals surface area (Å²) in [6.45, 7) is 4.63. The summed E-state index contributed by atoms with van der Waals surface area (Å²) in [6, 6.07) is 0. The Bertz CT molecular complexity index is 320. The fourth-order valence-corrected chi connectivity index (χ4v) is 2.31. The molecule has 0 spiro atoms. The van der Waals surface area contributed by atoms with Crippen molar-refractivity contribution in [3.05, 3.63) is 12.2 Å². The second-order valence-corrected chi connectivity index (χ2v) is 4.99. The van der Waals surface area contributed by atoms with Gasteiger partial charge in [0.1, 0.15) is 0 Å². The molecule has 1 rings (SSSR count). The van der Waals surface area contributed by atoms with Gasteiger partial charge in [0.2, 0.25) is 0 Å². The Morgan fingerprint density at radius 3 is 1.95 bits per heavy atom. The third-order valence-electron chi connectivity index (χ3n) is 3.40. The topological polar surface area (TPSA) is 92.7 Å². The molecule has 1 aliphatic rings. The van der Waals surface area contributed by atoms with E-state index in [0.717, 1.165) is 45.3 Å². The van der Waals surface area contributed by atoms with Gasteiger partial charge < -0.3 is 16.4 Å². The second-order valence-electron chi connectivity index (χ2n) is 4.99. The van der Waals surface area contributed by atoms with Gasteiger partial charge in [0.15, 0.2) is 0 Å². The maximum atomic E-state index is 11.3. The maximum absolute atomic E-state index is 11.3. The zero-order valence-electron chi connectivity index (χ0n) is 12.1. The van der Waals surface area contributed by atoms with Crippen LogP contribution in [-0.2, 0) is 9.59 Å². The van der Waals surface area contributed by atoms with Crippen LogP contribution in [-0.4, -0.2) is 60.9 Å². The van der Waals surface area contributed by atoms with Crippen LogP contribution in [0.4, 0.5) is 0 Å². The van der Waals surface area contributed by atoms with E-state index < -0.39 is 0 Å². The summed E-state index contributed by atoms with van der Waals surface area (Å²) in [5.41, 5.74) is 11.1. The first kappa shape index (κ1) is 16.8. The van der Waals surface area contributed by atoms with Crippen LogP contribution in [0, 0.1) is 0 Å². The molecule has 114 valence electrons. The quantitative estimate of drug-likeness (QED) is 0.400. The largest absolute Gasteiger partial charge is 0.329 e. The molecule has 0 atom stereocenters. The molecule has 0 saturated carbocycles. The van der Waals surface area contributed by atoms with Crippen LogP contribution in [0.2, 0.25) is 0 Å². The standard InChI is InChI=1S/C14H26N4O2/c15-7-11-17(12-8-16)9-3-1-2-4-10-18-13(19)5-6-14(18)20/h5-6H,1-4,7-12,15-16H2. The molecule has 0 saturated heterocycles. The molecule has 0 bridgehead atoms. The first-order chi connectivity index (χ1) is 9.69. The number of unbranched alkanes of at least 4 members (excludes halogenated alkanes) is 3. The van der Waals surface area contributed by atoms with Gasteiger partial charge in [0.25, 0.3) is 11.8 Å². The lowest BCUT2D eigenvalue weighted by Gasteiger charge is -2.20. The van der Waals surface area contributed by atoms with E-state index in [9.17, 15) is 9.59 Å². The van der Waals surface area contributed by atoms with Crippen molar-refractivity contribution in [2.45, 2.75) is 25.7 Å². The molecule has 6 heteroatoms. The van der Waals surface area contributed by atoms with Crippen molar-refractivity contribution in [3.8, 4) is 0 Å². The summed E-state index contributed by atoms with van der Waals surface area (Å²) in [6.07, 6.45) is 6.75. The van der Waals surface area contributed by atoms with Gasteiger partial charge in [-0.3, -0.25) is 14.5 Å². The summed E-state index contributed by atoms with van der Waals surface area (Å²) in [5, 5.41) is 0. The van der Waals surface area contributed by atoms with Crippen LogP contribution in [0.15, 0.2) is 12.2 Å². The Balaban J connectivity index is 2.04. The molecule has 0 aromatic carbocycles. The van der Waals surface area contributed by atoms with Crippen molar-refractivity contribution in [1.29, 1.82) is 0 Å². The number of nitrogens with zero attached hydrogens (tertiary/aromatic N) is 2. The predicted octanol–water partition coefficient (Wildman–Crippen LogP) is -0.309. The van der Waals surface area contributed by atoms with Crippen molar-refractivity contribution in [2.75, 3.05) is 39.3 Å². The SMILES string of the molecule is NCCN(CCN)CCCCCCN1C(=O)C=CC1=O. The Labute approximate surface area is 120 Å². The zero-order chi connectivity index (χ0) is 14.8. The van der Waals surface area contributed by atoms with Gasteiger partial charge in [-0.1, -0.05) is 12.8 Å². The Kier molecular flexibility index (Phi) is 8.10. The molecule has 0 unspecified atom stereocenters. The highest BCUT2D eigenvalue weighted by Gasteiger charge is 2.21. The van der Waals surface area contributed by atoms with Crippen molar-refractivity contribution in [3.63, 3.8) is 0 Å². The summed E-state index contributed by atoms with van der Waals surface area (Å²) in [4.78, 5) is 26.2. The Morgan fingerprint density at radius 2 is 1.40 bits per heavy atom. The maximum Gasteiger partial charge on any atom is 0.253 e. The number of carbonyl (C=O) groups excluding carboxylic acids is 2. The number of amides is 2. The second kappa shape index (κ2) is 9.63. The van der Waals surface area contributed by atoms with E-state index >= 15 is 0 Å². The van der Waals surface area contributed by atoms with Crippen LogP contribution >= 0.6 is 0 Å². The first-order valence-corrected chi connectivity index (χ1v) is 7.35. The lowest BCUT2D eigenvalue weighted by molar-refractivity contribution is -0.136. The predicted molar refractivity (Wildman–Crippen MR) is 78.9 cm³/mol. The summed E-state index contributed by atoms with van der Waals surface area (Å²) in [7, 11) is 0. The van der Waals surface area contributed by atoms with E-state index in [-0.39, 0.29) is 11.8 Å². The van der Waals surface area contributed by atoms with E-state index in [1.807, 2.05) is 0 Å². The molecule has 20 heavy (non-hydrogen) atoms. The van der Waals surface area contributed by atoms with Crippen molar-refractivity contribution < 1.29 is 9.59 Å². The van der Waals surface area contributed by atoms with E-state index in [2.05, 4.69) is 4.90 Å². The minimum absolute atomic E-state index is 0.188. The molecule has 1 aliphatic heterocycles. The van der Waals surface area contributed by atoms with Crippen LogP contribution in [0.25, 0.3) is 0 Å². The van der Waals surface area contributed by atoms with Crippen LogP contribution in [0.5, 0.6) is 0 Å². The molecule has 0 aliphatic carbocycles. The third kappa shape index (κ3) is 5.81. The van der Waals surface area contributed by atoms with Crippen LogP contribution in [0.1, 0.15) is 25.7 Å². The molecule has 6 nitrogen and oxygen atoms in total. The molecule has 0 aromatic heterocycles. The molecule has 0 aromatic rings. The third-order valence-corrected chi connectivity index (χ3v) is 3.40. The summed E-state index contributed by atoms with van der Waals surface area (Å²) >= 11 is 0. The van der Waals surface area contributed by atoms with E-state index in [1.165, 1.54) is 17.1 Å². The number of carbonyl (C=O) groups is 2. The summed E-state index contributed by atoms with van der Waals surface area (Å²) < 4.78 is 0. The van der Waals surface area contributed by atoms with E-state index in [1.54, 1.807) is 0 Å². The van der Waals surface area contributed by atoms with Gasteiger partial charge in [0.05, 0.1) is 0 Å². The Morgan fingerprint density at radius 1 is 0.850 bits per heavy atom. The van der Waals surface area contributed by atoms with Crippen LogP contribution in [0.3, 0.4) is 0 Å². The molecule has 1 heterocycles. The molecular formula is C14H26N4O2. The number of hydrogen-bond acceptors (Lipinski definition) is 5. The highest BCUT2D eigenvalue weighted by atomic mass is 16.2. The number of hydrogen-bond donors (Lipinski definition) is 2. The fourth-order valence-electron chi connectivity index (χ4n) is 2.31. The molecule has 2 amide bonds. The van der Waals surface area contributed by atoms with E-state index in [0.29, 0.717) is 19.6 Å². The first-order valence-electron chi connectivity index (χ1n) is 7.35. The Hall–Kier alpha value is -1.24. The molecule has 0 radical (unpaired) electrons. The highest BCUT2D eigenvalue weighted by Crippen LogP contribution is 2.08. The molecular weight excluding hydrogens is 256 g/mol. The van der Waals surface area contributed by atoms with Gasteiger partial charge in [-0.2, -0.15) is 0 Å². The van der Waals surface area contributed by atoms with Crippen molar-refractivity contribution in [2.24, 2.45) is 11.5 Å². The van der Waals surface area contributed by atoms with E-state index in [4.69, 9.17) is 11.5 Å². The van der Waals surface area contributed by atoms with Crippen molar-refractivity contribution in [1.82, 2.24) is 9.80 Å². The highest BCUT2D eigenvalue weighted by molar-refractivity contribution is 6.12. The van der Waals surface area contributed by atoms with Gasteiger partial charge >= 0.3 is 0 Å².